The first-order chi connectivity index (χ1) is 7.74. The van der Waals surface area contributed by atoms with Gasteiger partial charge >= 0.3 is 0 Å². The van der Waals surface area contributed by atoms with Gasteiger partial charge in [-0.05, 0) is 18.9 Å². The van der Waals surface area contributed by atoms with Gasteiger partial charge in [-0.3, -0.25) is 0 Å². The van der Waals surface area contributed by atoms with Gasteiger partial charge in [0, 0.05) is 31.1 Å². The molecule has 0 amide bonds. The van der Waals surface area contributed by atoms with Crippen LogP contribution in [0.4, 0.5) is 11.5 Å². The predicted octanol–water partition coefficient (Wildman–Crippen LogP) is 2.20. The second kappa shape index (κ2) is 7.06. The van der Waals surface area contributed by atoms with E-state index in [4.69, 9.17) is 10.5 Å². The number of unbranched alkanes of at least 4 members (excludes halogenated alkanes) is 1. The molecule has 3 N–H and O–H groups in total. The van der Waals surface area contributed by atoms with Gasteiger partial charge in [-0.15, -0.1) is 0 Å². The molecule has 4 heteroatoms. The number of hydrogen-bond acceptors (Lipinski definition) is 4. The fraction of sp³-hybridized carbons (Fsp3) is 0.583. The van der Waals surface area contributed by atoms with Gasteiger partial charge in [-0.1, -0.05) is 13.3 Å². The zero-order chi connectivity index (χ0) is 11.8. The van der Waals surface area contributed by atoms with Crippen molar-refractivity contribution in [2.75, 3.05) is 30.8 Å². The van der Waals surface area contributed by atoms with Crippen LogP contribution in [0.5, 0.6) is 0 Å². The number of nitrogens with one attached hydrogen (secondary N) is 1. The second-order valence-corrected chi connectivity index (χ2v) is 3.82. The number of aromatic nitrogens is 1. The van der Waals surface area contributed by atoms with Crippen molar-refractivity contribution in [2.45, 2.75) is 26.7 Å². The zero-order valence-electron chi connectivity index (χ0n) is 10.1. The van der Waals surface area contributed by atoms with Crippen LogP contribution in [0.1, 0.15) is 25.3 Å². The largest absolute Gasteiger partial charge is 0.398 e. The molecule has 1 heterocycles. The van der Waals surface area contributed by atoms with Gasteiger partial charge in [0.25, 0.3) is 0 Å². The SMILES string of the molecule is CCCCOCCNc1cc(N)c(C)cn1. The van der Waals surface area contributed by atoms with Crippen LogP contribution >= 0.6 is 0 Å². The quantitative estimate of drug-likeness (QED) is 0.696. The Bertz CT molecular complexity index is 315. The first-order valence-corrected chi connectivity index (χ1v) is 5.77. The molecule has 16 heavy (non-hydrogen) atoms. The molecule has 0 aliphatic rings. The molecule has 0 aromatic carbocycles. The number of nitrogen functional groups attached to an aromatic ring is 1. The monoisotopic (exact) mass is 223 g/mol. The molecule has 0 spiro atoms. The van der Waals surface area contributed by atoms with E-state index in [0.29, 0.717) is 6.61 Å². The Hall–Kier alpha value is -1.29. The third-order valence-corrected chi connectivity index (χ3v) is 2.34. The Balaban J connectivity index is 2.19. The van der Waals surface area contributed by atoms with Crippen molar-refractivity contribution in [1.82, 2.24) is 4.98 Å². The maximum absolute atomic E-state index is 5.78. The van der Waals surface area contributed by atoms with Crippen molar-refractivity contribution in [3.05, 3.63) is 17.8 Å². The summed E-state index contributed by atoms with van der Waals surface area (Å²) < 4.78 is 5.43. The lowest BCUT2D eigenvalue weighted by molar-refractivity contribution is 0.141. The molecule has 90 valence electrons. The van der Waals surface area contributed by atoms with Crippen LogP contribution in [-0.2, 0) is 4.74 Å². The molecule has 0 aliphatic carbocycles. The van der Waals surface area contributed by atoms with Crippen LogP contribution in [-0.4, -0.2) is 24.7 Å². The molecular weight excluding hydrogens is 202 g/mol. The van der Waals surface area contributed by atoms with Crippen LogP contribution < -0.4 is 11.1 Å². The zero-order valence-corrected chi connectivity index (χ0v) is 10.1. The summed E-state index contributed by atoms with van der Waals surface area (Å²) >= 11 is 0. The lowest BCUT2D eigenvalue weighted by Crippen LogP contribution is -2.11. The summed E-state index contributed by atoms with van der Waals surface area (Å²) in [5.74, 6) is 0.808. The number of anilines is 2. The minimum Gasteiger partial charge on any atom is -0.398 e. The molecule has 0 aliphatic heterocycles. The standard InChI is InChI=1S/C12H21N3O/c1-3-4-6-16-7-5-14-12-8-11(13)10(2)9-15-12/h8-9H,3-7H2,1-2H3,(H3,13,14,15). The lowest BCUT2D eigenvalue weighted by Gasteiger charge is -2.07. The van der Waals surface area contributed by atoms with E-state index < -0.39 is 0 Å². The van der Waals surface area contributed by atoms with Crippen molar-refractivity contribution >= 4 is 11.5 Å². The van der Waals surface area contributed by atoms with E-state index >= 15 is 0 Å². The highest BCUT2D eigenvalue weighted by molar-refractivity contribution is 5.53. The Kier molecular flexibility index (Phi) is 5.64. The van der Waals surface area contributed by atoms with Crippen molar-refractivity contribution in [3.63, 3.8) is 0 Å². The van der Waals surface area contributed by atoms with Crippen molar-refractivity contribution in [3.8, 4) is 0 Å². The van der Waals surface area contributed by atoms with E-state index in [0.717, 1.165) is 36.6 Å². The number of pyridine rings is 1. The lowest BCUT2D eigenvalue weighted by atomic mass is 10.2. The van der Waals surface area contributed by atoms with E-state index in [1.165, 1.54) is 6.42 Å². The normalized spacial score (nSPS) is 10.4. The summed E-state index contributed by atoms with van der Waals surface area (Å²) in [6.07, 6.45) is 4.06. The molecule has 1 aromatic heterocycles. The molecule has 1 aromatic rings. The van der Waals surface area contributed by atoms with Crippen LogP contribution in [0.25, 0.3) is 0 Å². The number of nitrogens with zero attached hydrogens (tertiary/aromatic N) is 1. The maximum Gasteiger partial charge on any atom is 0.128 e. The highest BCUT2D eigenvalue weighted by Crippen LogP contribution is 2.12. The molecule has 0 atom stereocenters. The van der Waals surface area contributed by atoms with E-state index in [1.54, 1.807) is 6.20 Å². The minimum absolute atomic E-state index is 0.704. The average molecular weight is 223 g/mol. The van der Waals surface area contributed by atoms with Crippen molar-refractivity contribution in [2.24, 2.45) is 0 Å². The fourth-order valence-electron chi connectivity index (χ4n) is 1.24. The van der Waals surface area contributed by atoms with E-state index in [1.807, 2.05) is 13.0 Å². The molecule has 0 saturated carbocycles. The Morgan fingerprint density at radius 2 is 2.25 bits per heavy atom. The van der Waals surface area contributed by atoms with E-state index in [9.17, 15) is 0 Å². The smallest absolute Gasteiger partial charge is 0.128 e. The summed E-state index contributed by atoms with van der Waals surface area (Å²) in [5.41, 5.74) is 7.55. The van der Waals surface area contributed by atoms with Crippen LogP contribution in [0.3, 0.4) is 0 Å². The summed E-state index contributed by atoms with van der Waals surface area (Å²) in [4.78, 5) is 4.23. The van der Waals surface area contributed by atoms with Gasteiger partial charge in [0.2, 0.25) is 0 Å². The predicted molar refractivity (Wildman–Crippen MR) is 67.6 cm³/mol. The number of rotatable bonds is 7. The number of nitrogens with two attached hydrogens (primary N) is 1. The second-order valence-electron chi connectivity index (χ2n) is 3.82. The molecule has 0 saturated heterocycles. The minimum atomic E-state index is 0.704. The number of aryl methyl sites for hydroxylation is 1. The van der Waals surface area contributed by atoms with Gasteiger partial charge in [0.15, 0.2) is 0 Å². The molecule has 0 fully saturated rings. The van der Waals surface area contributed by atoms with E-state index in [2.05, 4.69) is 17.2 Å². The molecular formula is C12H21N3O. The highest BCUT2D eigenvalue weighted by atomic mass is 16.5. The van der Waals surface area contributed by atoms with Gasteiger partial charge in [0.05, 0.1) is 6.61 Å². The molecule has 0 bridgehead atoms. The fourth-order valence-corrected chi connectivity index (χ4v) is 1.24. The van der Waals surface area contributed by atoms with Gasteiger partial charge < -0.3 is 15.8 Å². The average Bonchev–Trinajstić information content (AvgIpc) is 2.28. The topological polar surface area (TPSA) is 60.2 Å². The third-order valence-electron chi connectivity index (χ3n) is 2.34. The van der Waals surface area contributed by atoms with Crippen molar-refractivity contribution in [1.29, 1.82) is 0 Å². The maximum atomic E-state index is 5.78. The molecule has 0 radical (unpaired) electrons. The van der Waals surface area contributed by atoms with Crippen LogP contribution in [0.2, 0.25) is 0 Å². The Morgan fingerprint density at radius 3 is 2.94 bits per heavy atom. The number of ether oxygens (including phenoxy) is 1. The first-order valence-electron chi connectivity index (χ1n) is 5.77. The van der Waals surface area contributed by atoms with Crippen LogP contribution in [0.15, 0.2) is 12.3 Å². The highest BCUT2D eigenvalue weighted by Gasteiger charge is 1.97. The Morgan fingerprint density at radius 1 is 1.44 bits per heavy atom. The van der Waals surface area contributed by atoms with Gasteiger partial charge in [-0.2, -0.15) is 0 Å². The van der Waals surface area contributed by atoms with Crippen LogP contribution in [0, 0.1) is 6.92 Å². The van der Waals surface area contributed by atoms with Crippen molar-refractivity contribution < 1.29 is 4.74 Å². The third kappa shape index (κ3) is 4.49. The summed E-state index contributed by atoms with van der Waals surface area (Å²) in [5, 5.41) is 3.17. The summed E-state index contributed by atoms with van der Waals surface area (Å²) in [6.45, 7) is 6.40. The van der Waals surface area contributed by atoms with E-state index in [-0.39, 0.29) is 0 Å². The first kappa shape index (κ1) is 12.8. The molecule has 4 nitrogen and oxygen atoms in total. The molecule has 1 rings (SSSR count). The van der Waals surface area contributed by atoms with Gasteiger partial charge in [-0.25, -0.2) is 4.98 Å². The van der Waals surface area contributed by atoms with Gasteiger partial charge in [0.1, 0.15) is 5.82 Å². The molecule has 0 unspecified atom stereocenters. The number of hydrogen-bond donors (Lipinski definition) is 2. The Labute approximate surface area is 97.2 Å². The summed E-state index contributed by atoms with van der Waals surface area (Å²) in [7, 11) is 0. The summed E-state index contributed by atoms with van der Waals surface area (Å²) in [6, 6.07) is 1.85.